The Bertz CT molecular complexity index is 378. The summed E-state index contributed by atoms with van der Waals surface area (Å²) < 4.78 is 0. The third kappa shape index (κ3) is 2.48. The zero-order chi connectivity index (χ0) is 10.6. The van der Waals surface area contributed by atoms with E-state index in [1.165, 1.54) is 16.2 Å². The first-order valence-corrected chi connectivity index (χ1v) is 4.78. The van der Waals surface area contributed by atoms with E-state index in [9.17, 15) is 4.79 Å². The molecule has 6 heteroatoms. The van der Waals surface area contributed by atoms with Gasteiger partial charge in [0.2, 0.25) is 0 Å². The smallest absolute Gasteiger partial charge is 0.263 e. The highest BCUT2D eigenvalue weighted by Gasteiger charge is 2.10. The molecule has 1 aromatic rings. The molecule has 1 aromatic heterocycles. The number of thiophene rings is 1. The molecule has 0 unspecified atom stereocenters. The Morgan fingerprint density at radius 1 is 1.64 bits per heavy atom. The summed E-state index contributed by atoms with van der Waals surface area (Å²) in [5.41, 5.74) is 8.12. The highest BCUT2D eigenvalue weighted by molar-refractivity contribution is 7.14. The van der Waals surface area contributed by atoms with Crippen LogP contribution in [0.5, 0.6) is 0 Å². The predicted octanol–water partition coefficient (Wildman–Crippen LogP) is 2.26. The quantitative estimate of drug-likeness (QED) is 0.428. The highest BCUT2D eigenvalue weighted by atomic mass is 32.1. The average molecular weight is 210 g/mol. The van der Waals surface area contributed by atoms with Crippen LogP contribution in [0.3, 0.4) is 0 Å². The minimum Gasteiger partial charge on any atom is -0.344 e. The van der Waals surface area contributed by atoms with E-state index in [1.807, 2.05) is 0 Å². The molecular formula is C8H10N4OS. The molecule has 0 saturated carbocycles. The first kappa shape index (κ1) is 10.6. The summed E-state index contributed by atoms with van der Waals surface area (Å²) in [7, 11) is 3.41. The van der Waals surface area contributed by atoms with Crippen molar-refractivity contribution in [3.8, 4) is 0 Å². The number of hydrogen-bond acceptors (Lipinski definition) is 3. The van der Waals surface area contributed by atoms with Crippen molar-refractivity contribution in [2.75, 3.05) is 14.1 Å². The molecular weight excluding hydrogens is 200 g/mol. The molecule has 0 radical (unpaired) electrons. The normalized spacial score (nSPS) is 9.29. The molecule has 0 aliphatic carbocycles. The van der Waals surface area contributed by atoms with Crippen molar-refractivity contribution in [3.05, 3.63) is 32.3 Å². The summed E-state index contributed by atoms with van der Waals surface area (Å²) >= 11 is 1.35. The van der Waals surface area contributed by atoms with Gasteiger partial charge in [-0.05, 0) is 17.7 Å². The number of amides is 1. The van der Waals surface area contributed by atoms with Crippen LogP contribution in [0.15, 0.2) is 17.2 Å². The Hall–Kier alpha value is -1.52. The molecule has 0 spiro atoms. The van der Waals surface area contributed by atoms with Gasteiger partial charge in [0.05, 0.1) is 11.4 Å². The molecule has 1 rings (SSSR count). The van der Waals surface area contributed by atoms with Crippen LogP contribution in [0.2, 0.25) is 0 Å². The molecule has 0 atom stereocenters. The number of azide groups is 1. The van der Waals surface area contributed by atoms with Gasteiger partial charge in [0.15, 0.2) is 0 Å². The molecule has 5 nitrogen and oxygen atoms in total. The van der Waals surface area contributed by atoms with E-state index in [2.05, 4.69) is 10.0 Å². The standard InChI is InChI=1S/C8H10N4OS/c1-12(2)8(13)7-4-3-6(14-7)5-10-11-9/h3-4H,5H2,1-2H3. The Labute approximate surface area is 85.6 Å². The molecule has 0 N–H and O–H groups in total. The van der Waals surface area contributed by atoms with Gasteiger partial charge >= 0.3 is 0 Å². The highest BCUT2D eigenvalue weighted by Crippen LogP contribution is 2.18. The lowest BCUT2D eigenvalue weighted by molar-refractivity contribution is 0.0832. The van der Waals surface area contributed by atoms with E-state index >= 15 is 0 Å². The molecule has 1 amide bonds. The summed E-state index contributed by atoms with van der Waals surface area (Å²) in [5, 5.41) is 3.43. The van der Waals surface area contributed by atoms with Gasteiger partial charge in [-0.1, -0.05) is 5.11 Å². The minimum atomic E-state index is -0.0258. The van der Waals surface area contributed by atoms with Crippen LogP contribution in [0.1, 0.15) is 14.5 Å². The summed E-state index contributed by atoms with van der Waals surface area (Å²) in [6.07, 6.45) is 0. The second kappa shape index (κ2) is 4.64. The van der Waals surface area contributed by atoms with E-state index in [0.29, 0.717) is 11.4 Å². The first-order valence-electron chi connectivity index (χ1n) is 3.96. The lowest BCUT2D eigenvalue weighted by Crippen LogP contribution is -2.20. The molecule has 0 fully saturated rings. The SMILES string of the molecule is CN(C)C(=O)c1ccc(CN=[N+]=[N-])s1. The van der Waals surface area contributed by atoms with Gasteiger partial charge in [0.25, 0.3) is 5.91 Å². The van der Waals surface area contributed by atoms with Gasteiger partial charge < -0.3 is 4.90 Å². The number of hydrogen-bond donors (Lipinski definition) is 0. The molecule has 74 valence electrons. The van der Waals surface area contributed by atoms with Crippen LogP contribution in [-0.4, -0.2) is 24.9 Å². The lowest BCUT2D eigenvalue weighted by Gasteiger charge is -2.06. The summed E-state index contributed by atoms with van der Waals surface area (Å²) in [6, 6.07) is 3.55. The predicted molar refractivity (Wildman–Crippen MR) is 55.2 cm³/mol. The fourth-order valence-corrected chi connectivity index (χ4v) is 1.85. The summed E-state index contributed by atoms with van der Waals surface area (Å²) in [6.45, 7) is 0.307. The van der Waals surface area contributed by atoms with E-state index in [0.717, 1.165) is 4.88 Å². The molecule has 0 aliphatic heterocycles. The van der Waals surface area contributed by atoms with Gasteiger partial charge in [-0.3, -0.25) is 4.79 Å². The van der Waals surface area contributed by atoms with Gasteiger partial charge in [-0.25, -0.2) is 0 Å². The van der Waals surface area contributed by atoms with Crippen molar-refractivity contribution in [2.45, 2.75) is 6.54 Å². The van der Waals surface area contributed by atoms with Crippen LogP contribution in [0.25, 0.3) is 10.4 Å². The summed E-state index contributed by atoms with van der Waals surface area (Å²) in [4.78, 5) is 17.2. The number of carbonyl (C=O) groups excluding carboxylic acids is 1. The van der Waals surface area contributed by atoms with Crippen LogP contribution < -0.4 is 0 Å². The maximum atomic E-state index is 11.5. The fourth-order valence-electron chi connectivity index (χ4n) is 0.900. The van der Waals surface area contributed by atoms with Gasteiger partial charge in [-0.2, -0.15) is 0 Å². The second-order valence-corrected chi connectivity index (χ2v) is 4.02. The van der Waals surface area contributed by atoms with Crippen molar-refractivity contribution in [1.82, 2.24) is 4.90 Å². The fraction of sp³-hybridized carbons (Fsp3) is 0.375. The van der Waals surface area contributed by atoms with E-state index in [-0.39, 0.29) is 5.91 Å². The van der Waals surface area contributed by atoms with Crippen molar-refractivity contribution in [3.63, 3.8) is 0 Å². The largest absolute Gasteiger partial charge is 0.344 e. The maximum Gasteiger partial charge on any atom is 0.263 e. The Morgan fingerprint density at radius 2 is 2.36 bits per heavy atom. The molecule has 0 aromatic carbocycles. The van der Waals surface area contributed by atoms with Crippen molar-refractivity contribution in [1.29, 1.82) is 0 Å². The molecule has 1 heterocycles. The Kier molecular flexibility index (Phi) is 3.50. The lowest BCUT2D eigenvalue weighted by atomic mass is 10.4. The van der Waals surface area contributed by atoms with Crippen molar-refractivity contribution >= 4 is 17.2 Å². The second-order valence-electron chi connectivity index (χ2n) is 2.85. The van der Waals surface area contributed by atoms with Crippen molar-refractivity contribution in [2.24, 2.45) is 5.11 Å². The number of rotatable bonds is 3. The topological polar surface area (TPSA) is 69.1 Å². The first-order chi connectivity index (χ1) is 6.65. The Morgan fingerprint density at radius 3 is 2.93 bits per heavy atom. The average Bonchev–Trinajstić information content (AvgIpc) is 2.61. The van der Waals surface area contributed by atoms with Crippen LogP contribution >= 0.6 is 11.3 Å². The van der Waals surface area contributed by atoms with Crippen LogP contribution in [-0.2, 0) is 6.54 Å². The minimum absolute atomic E-state index is 0.0258. The van der Waals surface area contributed by atoms with Gasteiger partial charge in [0.1, 0.15) is 0 Å². The van der Waals surface area contributed by atoms with Crippen molar-refractivity contribution < 1.29 is 4.79 Å². The molecule has 0 aliphatic rings. The van der Waals surface area contributed by atoms with Crippen LogP contribution in [0, 0.1) is 0 Å². The van der Waals surface area contributed by atoms with E-state index < -0.39 is 0 Å². The number of nitrogens with zero attached hydrogens (tertiary/aromatic N) is 4. The maximum absolute atomic E-state index is 11.5. The zero-order valence-electron chi connectivity index (χ0n) is 7.97. The van der Waals surface area contributed by atoms with Crippen LogP contribution in [0.4, 0.5) is 0 Å². The van der Waals surface area contributed by atoms with E-state index in [4.69, 9.17) is 5.53 Å². The monoisotopic (exact) mass is 210 g/mol. The zero-order valence-corrected chi connectivity index (χ0v) is 8.78. The summed E-state index contributed by atoms with van der Waals surface area (Å²) in [5.74, 6) is -0.0258. The van der Waals surface area contributed by atoms with E-state index in [1.54, 1.807) is 26.2 Å². The third-order valence-corrected chi connectivity index (χ3v) is 2.63. The number of carbonyl (C=O) groups is 1. The molecule has 0 bridgehead atoms. The molecule has 0 saturated heterocycles. The van der Waals surface area contributed by atoms with Gasteiger partial charge in [0, 0.05) is 23.9 Å². The third-order valence-electron chi connectivity index (χ3n) is 1.57. The van der Waals surface area contributed by atoms with Gasteiger partial charge in [-0.15, -0.1) is 11.3 Å². The Balaban J connectivity index is 2.77. The molecule has 14 heavy (non-hydrogen) atoms.